The van der Waals surface area contributed by atoms with Gasteiger partial charge in [0.25, 0.3) is 0 Å². The van der Waals surface area contributed by atoms with Gasteiger partial charge in [-0.15, -0.1) is 24.0 Å². The van der Waals surface area contributed by atoms with E-state index in [0.29, 0.717) is 19.0 Å². The Bertz CT molecular complexity index is 498. The Morgan fingerprint density at radius 1 is 1.43 bits per heavy atom. The number of guanidine groups is 1. The molecule has 1 aliphatic rings. The van der Waals surface area contributed by atoms with E-state index in [0.717, 1.165) is 29.4 Å². The van der Waals surface area contributed by atoms with Gasteiger partial charge in [0.15, 0.2) is 5.96 Å². The van der Waals surface area contributed by atoms with Crippen LogP contribution in [0.3, 0.4) is 0 Å². The molecule has 0 unspecified atom stereocenters. The van der Waals surface area contributed by atoms with Crippen LogP contribution in [0.5, 0.6) is 5.75 Å². The molecule has 2 rings (SSSR count). The van der Waals surface area contributed by atoms with Gasteiger partial charge in [0.2, 0.25) is 0 Å². The zero-order valence-electron chi connectivity index (χ0n) is 12.5. The van der Waals surface area contributed by atoms with Gasteiger partial charge in [0, 0.05) is 12.1 Å². The van der Waals surface area contributed by atoms with Crippen LogP contribution in [0.15, 0.2) is 41.4 Å². The lowest BCUT2D eigenvalue weighted by Gasteiger charge is -2.10. The summed E-state index contributed by atoms with van der Waals surface area (Å²) in [5, 5.41) is 3.02. The molecule has 0 aromatic heterocycles. The van der Waals surface area contributed by atoms with Crippen LogP contribution in [0.4, 0.5) is 0 Å². The molecule has 0 radical (unpaired) electrons. The van der Waals surface area contributed by atoms with Crippen molar-refractivity contribution in [2.45, 2.75) is 26.3 Å². The summed E-state index contributed by atoms with van der Waals surface area (Å²) < 4.78 is 5.85. The molecule has 1 aromatic rings. The van der Waals surface area contributed by atoms with Gasteiger partial charge >= 0.3 is 0 Å². The van der Waals surface area contributed by atoms with Crippen molar-refractivity contribution >= 4 is 29.9 Å². The monoisotopic (exact) mass is 401 g/mol. The minimum atomic E-state index is 0. The second kappa shape index (κ2) is 8.92. The molecule has 0 bridgehead atoms. The van der Waals surface area contributed by atoms with Crippen molar-refractivity contribution in [3.63, 3.8) is 0 Å². The SMILES string of the molecule is C=C(C)CNC(N)=NCc1ccccc1OCC1CC1.I. The van der Waals surface area contributed by atoms with Gasteiger partial charge in [-0.05, 0) is 31.7 Å². The number of para-hydroxylation sites is 1. The van der Waals surface area contributed by atoms with Crippen LogP contribution in [0.1, 0.15) is 25.3 Å². The average molecular weight is 401 g/mol. The molecule has 116 valence electrons. The fourth-order valence-corrected chi connectivity index (χ4v) is 1.74. The minimum Gasteiger partial charge on any atom is -0.493 e. The third kappa shape index (κ3) is 6.84. The lowest BCUT2D eigenvalue weighted by atomic mass is 10.2. The summed E-state index contributed by atoms with van der Waals surface area (Å²) >= 11 is 0. The average Bonchev–Trinajstić information content (AvgIpc) is 3.25. The van der Waals surface area contributed by atoms with Crippen LogP contribution in [-0.4, -0.2) is 19.1 Å². The maximum atomic E-state index is 5.85. The van der Waals surface area contributed by atoms with Gasteiger partial charge in [-0.1, -0.05) is 30.4 Å². The van der Waals surface area contributed by atoms with E-state index in [2.05, 4.69) is 16.9 Å². The molecule has 5 heteroatoms. The van der Waals surface area contributed by atoms with Crippen LogP contribution in [-0.2, 0) is 6.54 Å². The molecule has 1 saturated carbocycles. The van der Waals surface area contributed by atoms with Crippen LogP contribution in [0.25, 0.3) is 0 Å². The molecular weight excluding hydrogens is 377 g/mol. The van der Waals surface area contributed by atoms with Crippen molar-refractivity contribution in [2.75, 3.05) is 13.2 Å². The third-order valence-corrected chi connectivity index (χ3v) is 3.14. The molecule has 0 heterocycles. The quantitative estimate of drug-likeness (QED) is 0.320. The van der Waals surface area contributed by atoms with Crippen molar-refractivity contribution in [3.05, 3.63) is 42.0 Å². The first-order valence-electron chi connectivity index (χ1n) is 7.04. The number of nitrogens with zero attached hydrogens (tertiary/aromatic N) is 1. The van der Waals surface area contributed by atoms with Gasteiger partial charge in [-0.25, -0.2) is 4.99 Å². The maximum Gasteiger partial charge on any atom is 0.189 e. The molecule has 0 saturated heterocycles. The Kier molecular flexibility index (Phi) is 7.56. The van der Waals surface area contributed by atoms with E-state index in [4.69, 9.17) is 10.5 Å². The standard InChI is InChI=1S/C16H23N3O.HI/c1-12(2)9-18-16(17)19-10-14-5-3-4-6-15(14)20-11-13-7-8-13;/h3-6,13H,1,7-11H2,2H3,(H3,17,18,19);1H. The first kappa shape index (κ1) is 17.8. The number of halogens is 1. The van der Waals surface area contributed by atoms with Crippen molar-refractivity contribution in [3.8, 4) is 5.75 Å². The van der Waals surface area contributed by atoms with Crippen LogP contribution < -0.4 is 15.8 Å². The summed E-state index contributed by atoms with van der Waals surface area (Å²) in [6.45, 7) is 7.74. The lowest BCUT2D eigenvalue weighted by Crippen LogP contribution is -2.32. The number of rotatable bonds is 7. The van der Waals surface area contributed by atoms with Crippen LogP contribution in [0, 0.1) is 5.92 Å². The van der Waals surface area contributed by atoms with E-state index >= 15 is 0 Å². The summed E-state index contributed by atoms with van der Waals surface area (Å²) in [6, 6.07) is 7.99. The van der Waals surface area contributed by atoms with E-state index in [-0.39, 0.29) is 24.0 Å². The van der Waals surface area contributed by atoms with E-state index in [1.807, 2.05) is 31.2 Å². The van der Waals surface area contributed by atoms with Crippen molar-refractivity contribution in [2.24, 2.45) is 16.6 Å². The Morgan fingerprint density at radius 2 is 2.14 bits per heavy atom. The van der Waals surface area contributed by atoms with Gasteiger partial charge in [0.05, 0.1) is 13.2 Å². The number of benzene rings is 1. The highest BCUT2D eigenvalue weighted by atomic mass is 127. The summed E-state index contributed by atoms with van der Waals surface area (Å²) in [5.74, 6) is 2.09. The largest absolute Gasteiger partial charge is 0.493 e. The molecule has 1 fully saturated rings. The van der Waals surface area contributed by atoms with E-state index in [9.17, 15) is 0 Å². The smallest absolute Gasteiger partial charge is 0.189 e. The Balaban J connectivity index is 0.00000220. The molecule has 1 aliphatic carbocycles. The minimum absolute atomic E-state index is 0. The molecule has 1 aromatic carbocycles. The van der Waals surface area contributed by atoms with E-state index in [1.54, 1.807) is 0 Å². The van der Waals surface area contributed by atoms with Crippen molar-refractivity contribution in [1.82, 2.24) is 5.32 Å². The normalized spacial score (nSPS) is 14.2. The first-order chi connectivity index (χ1) is 9.65. The molecule has 4 nitrogen and oxygen atoms in total. The Hall–Kier alpha value is -1.24. The summed E-state index contributed by atoms with van der Waals surface area (Å²) in [6.07, 6.45) is 2.58. The third-order valence-electron chi connectivity index (χ3n) is 3.14. The highest BCUT2D eigenvalue weighted by molar-refractivity contribution is 14.0. The molecular formula is C16H24IN3O. The number of nitrogens with one attached hydrogen (secondary N) is 1. The first-order valence-corrected chi connectivity index (χ1v) is 7.04. The molecule has 0 spiro atoms. The zero-order chi connectivity index (χ0) is 14.4. The number of aliphatic imine (C=N–C) groups is 1. The molecule has 0 amide bonds. The molecule has 21 heavy (non-hydrogen) atoms. The fourth-order valence-electron chi connectivity index (χ4n) is 1.74. The van der Waals surface area contributed by atoms with Crippen molar-refractivity contribution < 1.29 is 4.74 Å². The lowest BCUT2D eigenvalue weighted by molar-refractivity contribution is 0.297. The predicted octanol–water partition coefficient (Wildman–Crippen LogP) is 3.07. The van der Waals surface area contributed by atoms with E-state index in [1.165, 1.54) is 12.8 Å². The fraction of sp³-hybridized carbons (Fsp3) is 0.438. The second-order valence-corrected chi connectivity index (χ2v) is 5.37. The summed E-state index contributed by atoms with van der Waals surface area (Å²) in [7, 11) is 0. The molecule has 0 atom stereocenters. The van der Waals surface area contributed by atoms with Gasteiger partial charge in [-0.2, -0.15) is 0 Å². The predicted molar refractivity (Wildman–Crippen MR) is 98.2 cm³/mol. The van der Waals surface area contributed by atoms with Gasteiger partial charge in [-0.3, -0.25) is 0 Å². The Labute approximate surface area is 143 Å². The highest BCUT2D eigenvalue weighted by Gasteiger charge is 2.22. The Morgan fingerprint density at radius 3 is 2.81 bits per heavy atom. The van der Waals surface area contributed by atoms with Crippen LogP contribution >= 0.6 is 24.0 Å². The molecule has 0 aliphatic heterocycles. The molecule has 3 N–H and O–H groups in total. The van der Waals surface area contributed by atoms with E-state index < -0.39 is 0 Å². The highest BCUT2D eigenvalue weighted by Crippen LogP contribution is 2.30. The maximum absolute atomic E-state index is 5.85. The second-order valence-electron chi connectivity index (χ2n) is 5.37. The van der Waals surface area contributed by atoms with Crippen molar-refractivity contribution in [1.29, 1.82) is 0 Å². The van der Waals surface area contributed by atoms with Gasteiger partial charge in [0.1, 0.15) is 5.75 Å². The summed E-state index contributed by atoms with van der Waals surface area (Å²) in [4.78, 5) is 4.33. The number of hydrogen-bond acceptors (Lipinski definition) is 2. The number of ether oxygens (including phenoxy) is 1. The van der Waals surface area contributed by atoms with Gasteiger partial charge < -0.3 is 15.8 Å². The zero-order valence-corrected chi connectivity index (χ0v) is 14.8. The van der Waals surface area contributed by atoms with Crippen LogP contribution in [0.2, 0.25) is 0 Å². The number of hydrogen-bond donors (Lipinski definition) is 2. The number of nitrogens with two attached hydrogens (primary N) is 1. The summed E-state index contributed by atoms with van der Waals surface area (Å²) in [5.41, 5.74) is 7.90. The topological polar surface area (TPSA) is 59.6 Å².